The van der Waals surface area contributed by atoms with E-state index >= 15 is 0 Å². The van der Waals surface area contributed by atoms with Gasteiger partial charge in [0.05, 0.1) is 6.17 Å². The second kappa shape index (κ2) is 1.80. The molecule has 0 aliphatic carbocycles. The van der Waals surface area contributed by atoms with Crippen molar-refractivity contribution in [2.24, 2.45) is 0 Å². The largest absolute Gasteiger partial charge is 0.299 e. The van der Waals surface area contributed by atoms with E-state index < -0.39 is 0 Å². The predicted molar refractivity (Wildman–Crippen MR) is 30.1 cm³/mol. The van der Waals surface area contributed by atoms with Crippen LogP contribution in [-0.2, 0) is 0 Å². The zero-order chi connectivity index (χ0) is 5.28. The molecule has 1 rings (SSSR count). The zero-order valence-electron chi connectivity index (χ0n) is 4.86. The molecular weight excluding hydrogens is 88.1 g/mol. The molecule has 1 heterocycles. The first-order valence-corrected chi connectivity index (χ1v) is 2.78. The van der Waals surface area contributed by atoms with Crippen LogP contribution in [0, 0.1) is 0 Å². The Morgan fingerprint density at radius 1 is 1.71 bits per heavy atom. The molecule has 42 valence electrons. The Morgan fingerprint density at radius 2 is 2.29 bits per heavy atom. The summed E-state index contributed by atoms with van der Waals surface area (Å²) in [6, 6.07) is 0.625. The van der Waals surface area contributed by atoms with E-state index in [1.165, 1.54) is 0 Å². The molecule has 7 heavy (non-hydrogen) atoms. The lowest BCUT2D eigenvalue weighted by molar-refractivity contribution is 0.580. The Bertz CT molecular complexity index is 57.1. The maximum absolute atomic E-state index is 3.31. The van der Waals surface area contributed by atoms with Crippen LogP contribution in [0.25, 0.3) is 0 Å². The number of nitrogens with one attached hydrogen (secondary N) is 2. The standard InChI is InChI=1S/C5H12N2/c1-4(2)7-5-3-6-5/h4-7H,3H2,1-2H3. The first kappa shape index (κ1) is 5.06. The fraction of sp³-hybridized carbons (Fsp3) is 1.00. The van der Waals surface area contributed by atoms with Gasteiger partial charge < -0.3 is 0 Å². The summed E-state index contributed by atoms with van der Waals surface area (Å²) < 4.78 is 0. The van der Waals surface area contributed by atoms with Crippen molar-refractivity contribution in [3.8, 4) is 0 Å². The molecule has 1 unspecified atom stereocenters. The third-order valence-electron chi connectivity index (χ3n) is 0.943. The van der Waals surface area contributed by atoms with Gasteiger partial charge in [-0.25, -0.2) is 0 Å². The van der Waals surface area contributed by atoms with Gasteiger partial charge in [0.2, 0.25) is 0 Å². The first-order chi connectivity index (χ1) is 3.29. The Labute approximate surface area is 44.3 Å². The molecule has 0 bridgehead atoms. The van der Waals surface area contributed by atoms with E-state index in [0.29, 0.717) is 12.2 Å². The summed E-state index contributed by atoms with van der Waals surface area (Å²) in [6.07, 6.45) is 0.625. The quantitative estimate of drug-likeness (QED) is 0.476. The summed E-state index contributed by atoms with van der Waals surface area (Å²) in [5.41, 5.74) is 0. The molecule has 2 nitrogen and oxygen atoms in total. The highest BCUT2D eigenvalue weighted by Gasteiger charge is 2.19. The molecule has 1 aliphatic heterocycles. The highest BCUT2D eigenvalue weighted by atomic mass is 15.3. The van der Waals surface area contributed by atoms with Gasteiger partial charge in [0, 0.05) is 12.6 Å². The highest BCUT2D eigenvalue weighted by Crippen LogP contribution is 1.91. The summed E-state index contributed by atoms with van der Waals surface area (Å²) in [4.78, 5) is 0. The van der Waals surface area contributed by atoms with Gasteiger partial charge in [-0.3, -0.25) is 10.6 Å². The summed E-state index contributed by atoms with van der Waals surface area (Å²) in [5, 5.41) is 6.46. The topological polar surface area (TPSA) is 34.0 Å². The second-order valence-corrected chi connectivity index (χ2v) is 2.28. The molecule has 0 saturated carbocycles. The number of hydrogen-bond donors (Lipinski definition) is 2. The third-order valence-corrected chi connectivity index (χ3v) is 0.943. The van der Waals surface area contributed by atoms with Crippen molar-refractivity contribution in [2.75, 3.05) is 6.54 Å². The maximum atomic E-state index is 3.31. The lowest BCUT2D eigenvalue weighted by Crippen LogP contribution is -2.27. The van der Waals surface area contributed by atoms with E-state index in [1.54, 1.807) is 0 Å². The van der Waals surface area contributed by atoms with Gasteiger partial charge in [0.25, 0.3) is 0 Å². The lowest BCUT2D eigenvalue weighted by Gasteiger charge is -2.02. The van der Waals surface area contributed by atoms with Crippen LogP contribution in [0.1, 0.15) is 13.8 Å². The monoisotopic (exact) mass is 100 g/mol. The van der Waals surface area contributed by atoms with Crippen molar-refractivity contribution in [3.63, 3.8) is 0 Å². The fourth-order valence-electron chi connectivity index (χ4n) is 0.579. The zero-order valence-corrected chi connectivity index (χ0v) is 4.86. The molecule has 0 aromatic heterocycles. The minimum Gasteiger partial charge on any atom is -0.299 e. The molecule has 1 aliphatic rings. The third kappa shape index (κ3) is 1.90. The van der Waals surface area contributed by atoms with Crippen LogP contribution in [0.15, 0.2) is 0 Å². The summed E-state index contributed by atoms with van der Waals surface area (Å²) in [7, 11) is 0. The maximum Gasteiger partial charge on any atom is 0.0703 e. The minimum atomic E-state index is 0.625. The van der Waals surface area contributed by atoms with Gasteiger partial charge in [-0.2, -0.15) is 0 Å². The summed E-state index contributed by atoms with van der Waals surface area (Å²) in [5.74, 6) is 0. The van der Waals surface area contributed by atoms with Crippen molar-refractivity contribution in [1.82, 2.24) is 10.6 Å². The van der Waals surface area contributed by atoms with Gasteiger partial charge in [-0.15, -0.1) is 0 Å². The Balaban J connectivity index is 1.97. The van der Waals surface area contributed by atoms with Crippen molar-refractivity contribution in [3.05, 3.63) is 0 Å². The predicted octanol–water partition coefficient (Wildman–Crippen LogP) is -0.0863. The van der Waals surface area contributed by atoms with E-state index in [0.717, 1.165) is 6.54 Å². The minimum absolute atomic E-state index is 0.625. The van der Waals surface area contributed by atoms with Crippen LogP contribution in [0.5, 0.6) is 0 Å². The van der Waals surface area contributed by atoms with Crippen LogP contribution in [0.4, 0.5) is 0 Å². The van der Waals surface area contributed by atoms with Crippen LogP contribution in [-0.4, -0.2) is 18.8 Å². The van der Waals surface area contributed by atoms with Crippen molar-refractivity contribution >= 4 is 0 Å². The van der Waals surface area contributed by atoms with E-state index in [2.05, 4.69) is 24.5 Å². The SMILES string of the molecule is CC(C)NC1CN1. The molecule has 1 saturated heterocycles. The molecule has 1 atom stereocenters. The van der Waals surface area contributed by atoms with Crippen molar-refractivity contribution in [2.45, 2.75) is 26.1 Å². The molecule has 2 N–H and O–H groups in total. The normalized spacial score (nSPS) is 28.7. The van der Waals surface area contributed by atoms with Gasteiger partial charge in [0.15, 0.2) is 0 Å². The molecular formula is C5H12N2. The van der Waals surface area contributed by atoms with Gasteiger partial charge in [-0.05, 0) is 13.8 Å². The average Bonchev–Trinajstić information content (AvgIpc) is 2.17. The Hall–Kier alpha value is -0.0800. The van der Waals surface area contributed by atoms with Crippen LogP contribution in [0.2, 0.25) is 0 Å². The van der Waals surface area contributed by atoms with Crippen LogP contribution >= 0.6 is 0 Å². The molecule has 0 aromatic rings. The smallest absolute Gasteiger partial charge is 0.0703 e. The molecule has 0 radical (unpaired) electrons. The Morgan fingerprint density at radius 3 is 2.43 bits per heavy atom. The molecule has 2 heteroatoms. The number of hydrogen-bond acceptors (Lipinski definition) is 2. The second-order valence-electron chi connectivity index (χ2n) is 2.28. The fourth-order valence-corrected chi connectivity index (χ4v) is 0.579. The van der Waals surface area contributed by atoms with Crippen molar-refractivity contribution < 1.29 is 0 Å². The number of rotatable bonds is 2. The molecule has 1 fully saturated rings. The molecule has 0 amide bonds. The first-order valence-electron chi connectivity index (χ1n) is 2.78. The highest BCUT2D eigenvalue weighted by molar-refractivity contribution is 4.81. The summed E-state index contributed by atoms with van der Waals surface area (Å²) in [6.45, 7) is 5.46. The Kier molecular flexibility index (Phi) is 1.30. The van der Waals surface area contributed by atoms with Gasteiger partial charge in [0.1, 0.15) is 0 Å². The van der Waals surface area contributed by atoms with E-state index in [4.69, 9.17) is 0 Å². The van der Waals surface area contributed by atoms with Gasteiger partial charge >= 0.3 is 0 Å². The van der Waals surface area contributed by atoms with Crippen LogP contribution < -0.4 is 10.6 Å². The average molecular weight is 100 g/mol. The van der Waals surface area contributed by atoms with E-state index in [1.807, 2.05) is 0 Å². The summed E-state index contributed by atoms with van der Waals surface area (Å²) >= 11 is 0. The lowest BCUT2D eigenvalue weighted by atomic mass is 10.4. The van der Waals surface area contributed by atoms with E-state index in [9.17, 15) is 0 Å². The molecule has 0 spiro atoms. The van der Waals surface area contributed by atoms with Gasteiger partial charge in [-0.1, -0.05) is 0 Å². The van der Waals surface area contributed by atoms with Crippen LogP contribution in [0.3, 0.4) is 0 Å². The van der Waals surface area contributed by atoms with Crippen molar-refractivity contribution in [1.29, 1.82) is 0 Å². The van der Waals surface area contributed by atoms with E-state index in [-0.39, 0.29) is 0 Å². The molecule has 0 aromatic carbocycles.